The lowest BCUT2D eigenvalue weighted by molar-refractivity contribution is -0.159. The fourth-order valence-corrected chi connectivity index (χ4v) is 4.13. The van der Waals surface area contributed by atoms with Crippen molar-refractivity contribution in [3.63, 3.8) is 0 Å². The predicted molar refractivity (Wildman–Crippen MR) is 110 cm³/mol. The lowest BCUT2D eigenvalue weighted by Gasteiger charge is -2.45. The summed E-state index contributed by atoms with van der Waals surface area (Å²) in [6.07, 6.45) is 0. The number of piperidine rings is 1. The Morgan fingerprint density at radius 2 is 1.60 bits per heavy atom. The van der Waals surface area contributed by atoms with Gasteiger partial charge >= 0.3 is 5.97 Å². The number of amides is 1. The van der Waals surface area contributed by atoms with E-state index in [1.54, 1.807) is 55.5 Å². The van der Waals surface area contributed by atoms with E-state index in [0.29, 0.717) is 21.2 Å². The highest BCUT2D eigenvalue weighted by atomic mass is 35.5. The van der Waals surface area contributed by atoms with Gasteiger partial charge in [-0.2, -0.15) is 10.5 Å². The maximum absolute atomic E-state index is 13.3. The molecule has 0 saturated carbocycles. The summed E-state index contributed by atoms with van der Waals surface area (Å²) in [6, 6.07) is 15.9. The van der Waals surface area contributed by atoms with E-state index in [2.05, 4.69) is 11.4 Å². The third-order valence-corrected chi connectivity index (χ3v) is 5.72. The Labute approximate surface area is 184 Å². The first-order valence-electron chi connectivity index (χ1n) is 9.18. The molecule has 1 fully saturated rings. The van der Waals surface area contributed by atoms with Gasteiger partial charge in [-0.3, -0.25) is 9.59 Å². The normalized spacial score (nSPS) is 25.5. The van der Waals surface area contributed by atoms with E-state index in [0.717, 1.165) is 0 Å². The van der Waals surface area contributed by atoms with Gasteiger partial charge in [0.25, 0.3) is 0 Å². The number of halogens is 2. The molecular formula is C22H17Cl2N3O3. The van der Waals surface area contributed by atoms with Crippen molar-refractivity contribution in [3.8, 4) is 12.1 Å². The first kappa shape index (κ1) is 21.6. The molecule has 1 N–H and O–H groups in total. The Bertz CT molecular complexity index is 1040. The molecule has 30 heavy (non-hydrogen) atoms. The summed E-state index contributed by atoms with van der Waals surface area (Å²) in [5, 5.41) is 23.7. The lowest BCUT2D eigenvalue weighted by atomic mass is 9.59. The zero-order chi connectivity index (χ0) is 21.9. The van der Waals surface area contributed by atoms with Crippen LogP contribution in [0.2, 0.25) is 10.0 Å². The van der Waals surface area contributed by atoms with Crippen molar-refractivity contribution in [2.75, 3.05) is 6.61 Å². The van der Waals surface area contributed by atoms with Gasteiger partial charge in [-0.1, -0.05) is 47.5 Å². The van der Waals surface area contributed by atoms with Crippen LogP contribution in [0.25, 0.3) is 0 Å². The molecule has 0 spiro atoms. The molecule has 0 bridgehead atoms. The van der Waals surface area contributed by atoms with E-state index in [-0.39, 0.29) is 6.61 Å². The summed E-state index contributed by atoms with van der Waals surface area (Å²) >= 11 is 12.0. The number of nitrogens with zero attached hydrogens (tertiary/aromatic N) is 2. The number of carbonyl (C=O) groups is 2. The molecule has 8 heteroatoms. The smallest absolute Gasteiger partial charge is 0.329 e. The van der Waals surface area contributed by atoms with Crippen molar-refractivity contribution in [2.45, 2.75) is 18.9 Å². The summed E-state index contributed by atoms with van der Waals surface area (Å²) in [5.41, 5.74) is -0.918. The third kappa shape index (κ3) is 3.61. The van der Waals surface area contributed by atoms with Crippen molar-refractivity contribution < 1.29 is 14.3 Å². The van der Waals surface area contributed by atoms with Crippen LogP contribution < -0.4 is 5.32 Å². The highest BCUT2D eigenvalue weighted by Crippen LogP contribution is 2.53. The topological polar surface area (TPSA) is 103 Å². The molecule has 0 radical (unpaired) electrons. The van der Waals surface area contributed by atoms with E-state index in [9.17, 15) is 20.1 Å². The summed E-state index contributed by atoms with van der Waals surface area (Å²) in [6.45, 7) is 1.66. The Kier molecular flexibility index (Phi) is 6.31. The Morgan fingerprint density at radius 3 is 2.07 bits per heavy atom. The Hall–Kier alpha value is -3.06. The van der Waals surface area contributed by atoms with Crippen LogP contribution >= 0.6 is 23.2 Å². The van der Waals surface area contributed by atoms with E-state index >= 15 is 0 Å². The maximum Gasteiger partial charge on any atom is 0.329 e. The van der Waals surface area contributed by atoms with Crippen LogP contribution in [0.5, 0.6) is 0 Å². The molecule has 1 aliphatic heterocycles. The quantitative estimate of drug-likeness (QED) is 0.717. The van der Waals surface area contributed by atoms with E-state index in [1.807, 2.05) is 6.07 Å². The van der Waals surface area contributed by atoms with Gasteiger partial charge in [-0.05, 0) is 42.3 Å². The first-order valence-corrected chi connectivity index (χ1v) is 9.94. The van der Waals surface area contributed by atoms with Crippen LogP contribution in [-0.4, -0.2) is 18.5 Å². The standard InChI is InChI=1S/C22H17Cl2N3O3/c1-2-30-21(29)22(12-26)18(13-3-7-15(23)8-4-13)17(11-25)20(28)27-19(22)14-5-9-16(24)10-6-14/h3-10,17-19H,2H2,1H3,(H,27,28). The minimum atomic E-state index is -1.88. The SMILES string of the molecule is CCOC(=O)C1(C#N)C(c2ccc(Cl)cc2)NC(=O)C(C#N)C1c1ccc(Cl)cc1. The second-order valence-corrected chi connectivity index (χ2v) is 7.70. The molecular weight excluding hydrogens is 425 g/mol. The number of hydrogen-bond donors (Lipinski definition) is 1. The van der Waals surface area contributed by atoms with Crippen LogP contribution in [0, 0.1) is 34.0 Å². The summed E-state index contributed by atoms with van der Waals surface area (Å²) in [7, 11) is 0. The Morgan fingerprint density at radius 1 is 1.07 bits per heavy atom. The van der Waals surface area contributed by atoms with Gasteiger partial charge < -0.3 is 10.1 Å². The fourth-order valence-electron chi connectivity index (χ4n) is 3.87. The number of nitriles is 2. The molecule has 4 unspecified atom stereocenters. The third-order valence-electron chi connectivity index (χ3n) is 5.22. The number of carbonyl (C=O) groups excluding carboxylic acids is 2. The van der Waals surface area contributed by atoms with E-state index < -0.39 is 35.2 Å². The molecule has 6 nitrogen and oxygen atoms in total. The van der Waals surface area contributed by atoms with E-state index in [1.165, 1.54) is 0 Å². The molecule has 4 atom stereocenters. The van der Waals surface area contributed by atoms with Crippen molar-refractivity contribution in [1.29, 1.82) is 10.5 Å². The highest BCUT2D eigenvalue weighted by molar-refractivity contribution is 6.30. The number of rotatable bonds is 4. The number of nitrogens with one attached hydrogen (secondary N) is 1. The molecule has 1 aliphatic rings. The molecule has 3 rings (SSSR count). The largest absolute Gasteiger partial charge is 0.465 e. The number of esters is 1. The molecule has 1 saturated heterocycles. The molecule has 0 aliphatic carbocycles. The summed E-state index contributed by atoms with van der Waals surface area (Å²) in [4.78, 5) is 26.1. The van der Waals surface area contributed by atoms with Gasteiger partial charge in [0.1, 0.15) is 5.92 Å². The fraction of sp³-hybridized carbons (Fsp3) is 0.273. The van der Waals surface area contributed by atoms with Crippen LogP contribution in [-0.2, 0) is 14.3 Å². The first-order chi connectivity index (χ1) is 14.4. The highest BCUT2D eigenvalue weighted by Gasteiger charge is 2.62. The Balaban J connectivity index is 2.30. The van der Waals surface area contributed by atoms with Gasteiger partial charge in [-0.15, -0.1) is 0 Å². The molecule has 2 aromatic rings. The van der Waals surface area contributed by atoms with Crippen molar-refractivity contribution in [2.24, 2.45) is 11.3 Å². The van der Waals surface area contributed by atoms with Crippen LogP contribution in [0.15, 0.2) is 48.5 Å². The zero-order valence-electron chi connectivity index (χ0n) is 15.9. The minimum Gasteiger partial charge on any atom is -0.465 e. The molecule has 0 aromatic heterocycles. The molecule has 152 valence electrons. The van der Waals surface area contributed by atoms with Gasteiger partial charge in [0.2, 0.25) is 5.91 Å². The van der Waals surface area contributed by atoms with Crippen molar-refractivity contribution in [1.82, 2.24) is 5.32 Å². The van der Waals surface area contributed by atoms with Crippen molar-refractivity contribution in [3.05, 3.63) is 69.7 Å². The van der Waals surface area contributed by atoms with Crippen molar-refractivity contribution >= 4 is 35.1 Å². The maximum atomic E-state index is 13.3. The number of ether oxygens (including phenoxy) is 1. The molecule has 2 aromatic carbocycles. The van der Waals surface area contributed by atoms with Gasteiger partial charge in [-0.25, -0.2) is 0 Å². The zero-order valence-corrected chi connectivity index (χ0v) is 17.4. The number of benzene rings is 2. The summed E-state index contributed by atoms with van der Waals surface area (Å²) in [5.74, 6) is -3.74. The predicted octanol–water partition coefficient (Wildman–Crippen LogP) is 4.16. The van der Waals surface area contributed by atoms with Gasteiger partial charge in [0.15, 0.2) is 5.41 Å². The minimum absolute atomic E-state index is 0.0358. The second kappa shape index (κ2) is 8.75. The van der Waals surface area contributed by atoms with Gasteiger partial charge in [0.05, 0.1) is 24.8 Å². The monoisotopic (exact) mass is 441 g/mol. The second-order valence-electron chi connectivity index (χ2n) is 6.83. The average molecular weight is 442 g/mol. The number of hydrogen-bond acceptors (Lipinski definition) is 5. The summed E-state index contributed by atoms with van der Waals surface area (Å²) < 4.78 is 5.28. The van der Waals surface area contributed by atoms with E-state index in [4.69, 9.17) is 27.9 Å². The van der Waals surface area contributed by atoms with Gasteiger partial charge in [0, 0.05) is 16.0 Å². The molecule has 1 heterocycles. The van der Waals surface area contributed by atoms with Crippen LogP contribution in [0.3, 0.4) is 0 Å². The molecule has 1 amide bonds. The van der Waals surface area contributed by atoms with Crippen LogP contribution in [0.4, 0.5) is 0 Å². The average Bonchev–Trinajstić information content (AvgIpc) is 2.74. The lowest BCUT2D eigenvalue weighted by Crippen LogP contribution is -2.58. The van der Waals surface area contributed by atoms with Crippen LogP contribution in [0.1, 0.15) is 30.0 Å².